The number of anilines is 1. The molecular formula is C12H16N4O2. The molecule has 2 aromatic rings. The van der Waals surface area contributed by atoms with Crippen molar-refractivity contribution in [3.05, 3.63) is 35.4 Å². The van der Waals surface area contributed by atoms with Gasteiger partial charge in [0.25, 0.3) is 5.91 Å². The Balaban J connectivity index is 2.01. The van der Waals surface area contributed by atoms with Gasteiger partial charge in [-0.1, -0.05) is 13.3 Å². The van der Waals surface area contributed by atoms with E-state index in [-0.39, 0.29) is 18.2 Å². The van der Waals surface area contributed by atoms with Crippen LogP contribution in [0.15, 0.2) is 22.6 Å². The first kappa shape index (κ1) is 12.4. The number of nitrogens with zero attached hydrogens (tertiary/aromatic N) is 1. The number of carbonyl (C=O) groups excluding carboxylic acids is 1. The fourth-order valence-corrected chi connectivity index (χ4v) is 1.61. The molecule has 0 unspecified atom stereocenters. The second kappa shape index (κ2) is 5.50. The monoisotopic (exact) mass is 248 g/mol. The van der Waals surface area contributed by atoms with E-state index >= 15 is 0 Å². The number of rotatable bonds is 5. The van der Waals surface area contributed by atoms with Gasteiger partial charge in [-0.05, 0) is 18.6 Å². The molecule has 0 radical (unpaired) electrons. The van der Waals surface area contributed by atoms with Crippen molar-refractivity contribution in [2.24, 2.45) is 5.73 Å². The number of aryl methyl sites for hydroxylation is 1. The normalized spacial score (nSPS) is 10.6. The van der Waals surface area contributed by atoms with Crippen LogP contribution in [0, 0.1) is 0 Å². The Morgan fingerprint density at radius 2 is 2.39 bits per heavy atom. The molecule has 0 atom stereocenters. The van der Waals surface area contributed by atoms with Crippen LogP contribution in [0.25, 0.3) is 0 Å². The van der Waals surface area contributed by atoms with Crippen molar-refractivity contribution in [3.8, 4) is 0 Å². The number of H-pyrrole nitrogens is 1. The minimum atomic E-state index is -0.329. The highest BCUT2D eigenvalue weighted by atomic mass is 16.4. The molecule has 0 saturated heterocycles. The van der Waals surface area contributed by atoms with Crippen LogP contribution in [0.1, 0.15) is 35.4 Å². The lowest BCUT2D eigenvalue weighted by Crippen LogP contribution is -2.11. The zero-order valence-electron chi connectivity index (χ0n) is 10.2. The van der Waals surface area contributed by atoms with E-state index in [2.05, 4.69) is 22.4 Å². The third kappa shape index (κ3) is 2.78. The van der Waals surface area contributed by atoms with Gasteiger partial charge in [0.2, 0.25) is 0 Å². The molecule has 0 aliphatic heterocycles. The predicted molar refractivity (Wildman–Crippen MR) is 67.1 cm³/mol. The summed E-state index contributed by atoms with van der Waals surface area (Å²) in [5, 5.41) is 9.53. The Labute approximate surface area is 105 Å². The Morgan fingerprint density at radius 3 is 3.06 bits per heavy atom. The zero-order chi connectivity index (χ0) is 13.0. The number of carbonyl (C=O) groups is 1. The molecule has 2 aromatic heterocycles. The molecule has 6 heteroatoms. The van der Waals surface area contributed by atoms with E-state index in [1.165, 1.54) is 0 Å². The van der Waals surface area contributed by atoms with E-state index in [0.29, 0.717) is 11.6 Å². The summed E-state index contributed by atoms with van der Waals surface area (Å²) in [5.41, 5.74) is 6.41. The Morgan fingerprint density at radius 1 is 1.56 bits per heavy atom. The minimum Gasteiger partial charge on any atom is -0.455 e. The summed E-state index contributed by atoms with van der Waals surface area (Å²) < 4.78 is 5.25. The molecule has 96 valence electrons. The number of aromatic amines is 1. The van der Waals surface area contributed by atoms with Crippen LogP contribution >= 0.6 is 0 Å². The molecule has 0 aliphatic rings. The lowest BCUT2D eigenvalue weighted by molar-refractivity contribution is 0.0994. The van der Waals surface area contributed by atoms with Gasteiger partial charge in [-0.15, -0.1) is 0 Å². The van der Waals surface area contributed by atoms with E-state index in [1.54, 1.807) is 12.1 Å². The molecule has 1 amide bonds. The van der Waals surface area contributed by atoms with Gasteiger partial charge in [-0.25, -0.2) is 0 Å². The van der Waals surface area contributed by atoms with Crippen molar-refractivity contribution in [2.45, 2.75) is 26.3 Å². The molecule has 18 heavy (non-hydrogen) atoms. The van der Waals surface area contributed by atoms with Crippen LogP contribution in [0.5, 0.6) is 0 Å². The number of nitrogens with two attached hydrogens (primary N) is 1. The third-order valence-electron chi connectivity index (χ3n) is 2.48. The van der Waals surface area contributed by atoms with Crippen LogP contribution in [0.4, 0.5) is 5.82 Å². The van der Waals surface area contributed by atoms with Gasteiger partial charge in [0.1, 0.15) is 5.76 Å². The minimum absolute atomic E-state index is 0.232. The van der Waals surface area contributed by atoms with E-state index in [0.717, 1.165) is 18.5 Å². The van der Waals surface area contributed by atoms with Crippen LogP contribution in [0.2, 0.25) is 0 Å². The van der Waals surface area contributed by atoms with Gasteiger partial charge in [-0.3, -0.25) is 9.89 Å². The van der Waals surface area contributed by atoms with Crippen LogP contribution in [0.3, 0.4) is 0 Å². The summed E-state index contributed by atoms with van der Waals surface area (Å²) >= 11 is 0. The predicted octanol–water partition coefficient (Wildman–Crippen LogP) is 1.67. The largest absolute Gasteiger partial charge is 0.455 e. The second-order valence-corrected chi connectivity index (χ2v) is 3.95. The highest BCUT2D eigenvalue weighted by Gasteiger charge is 2.12. The summed E-state index contributed by atoms with van der Waals surface area (Å²) in [5.74, 6) is 0.975. The SMILES string of the molecule is CCCc1cc(NC(=O)c2ccc(CN)o2)n[nH]1. The first-order valence-corrected chi connectivity index (χ1v) is 5.87. The van der Waals surface area contributed by atoms with Gasteiger partial charge in [0, 0.05) is 11.8 Å². The summed E-state index contributed by atoms with van der Waals surface area (Å²) in [6.07, 6.45) is 1.93. The third-order valence-corrected chi connectivity index (χ3v) is 2.48. The number of nitrogens with one attached hydrogen (secondary N) is 2. The van der Waals surface area contributed by atoms with Crippen molar-refractivity contribution in [2.75, 3.05) is 5.32 Å². The number of hydrogen-bond donors (Lipinski definition) is 3. The first-order chi connectivity index (χ1) is 8.72. The zero-order valence-corrected chi connectivity index (χ0v) is 10.2. The number of amides is 1. The molecular weight excluding hydrogens is 232 g/mol. The van der Waals surface area contributed by atoms with Gasteiger partial charge in [0.05, 0.1) is 6.54 Å². The fourth-order valence-electron chi connectivity index (χ4n) is 1.61. The summed E-state index contributed by atoms with van der Waals surface area (Å²) in [6.45, 7) is 2.35. The maximum Gasteiger partial charge on any atom is 0.292 e. The Hall–Kier alpha value is -2.08. The van der Waals surface area contributed by atoms with Gasteiger partial charge in [0.15, 0.2) is 11.6 Å². The van der Waals surface area contributed by atoms with Crippen molar-refractivity contribution in [1.29, 1.82) is 0 Å². The maximum absolute atomic E-state index is 11.8. The van der Waals surface area contributed by atoms with E-state index in [9.17, 15) is 4.79 Å². The molecule has 2 rings (SSSR count). The molecule has 0 bridgehead atoms. The van der Waals surface area contributed by atoms with Crippen LogP contribution in [-0.4, -0.2) is 16.1 Å². The molecule has 4 N–H and O–H groups in total. The Bertz CT molecular complexity index is 530. The van der Waals surface area contributed by atoms with Crippen molar-refractivity contribution in [1.82, 2.24) is 10.2 Å². The topological polar surface area (TPSA) is 96.9 Å². The molecule has 2 heterocycles. The molecule has 0 spiro atoms. The standard InChI is InChI=1S/C12H16N4O2/c1-2-3-8-6-11(16-15-8)14-12(17)10-5-4-9(7-13)18-10/h4-6H,2-3,7,13H2,1H3,(H2,14,15,16,17). The number of hydrogen-bond acceptors (Lipinski definition) is 4. The number of furan rings is 1. The average molecular weight is 248 g/mol. The fraction of sp³-hybridized carbons (Fsp3) is 0.333. The van der Waals surface area contributed by atoms with Gasteiger partial charge >= 0.3 is 0 Å². The van der Waals surface area contributed by atoms with Crippen LogP contribution in [-0.2, 0) is 13.0 Å². The van der Waals surface area contributed by atoms with E-state index in [4.69, 9.17) is 10.2 Å². The number of aromatic nitrogens is 2. The molecule has 6 nitrogen and oxygen atoms in total. The van der Waals surface area contributed by atoms with E-state index in [1.807, 2.05) is 6.07 Å². The van der Waals surface area contributed by atoms with Gasteiger partial charge < -0.3 is 15.5 Å². The molecule has 0 aliphatic carbocycles. The summed E-state index contributed by atoms with van der Waals surface area (Å²) in [4.78, 5) is 11.8. The lowest BCUT2D eigenvalue weighted by Gasteiger charge is -1.97. The quantitative estimate of drug-likeness (QED) is 0.749. The molecule has 0 saturated carbocycles. The Kier molecular flexibility index (Phi) is 3.78. The summed E-state index contributed by atoms with van der Waals surface area (Å²) in [7, 11) is 0. The summed E-state index contributed by atoms with van der Waals surface area (Å²) in [6, 6.07) is 5.09. The average Bonchev–Trinajstić information content (AvgIpc) is 2.98. The smallest absolute Gasteiger partial charge is 0.292 e. The highest BCUT2D eigenvalue weighted by molar-refractivity contribution is 6.01. The van der Waals surface area contributed by atoms with Crippen molar-refractivity contribution in [3.63, 3.8) is 0 Å². The van der Waals surface area contributed by atoms with E-state index < -0.39 is 0 Å². The van der Waals surface area contributed by atoms with Gasteiger partial charge in [-0.2, -0.15) is 5.10 Å². The van der Waals surface area contributed by atoms with Crippen molar-refractivity contribution < 1.29 is 9.21 Å². The maximum atomic E-state index is 11.8. The van der Waals surface area contributed by atoms with Crippen molar-refractivity contribution >= 4 is 11.7 Å². The molecule has 0 aromatic carbocycles. The van der Waals surface area contributed by atoms with Crippen LogP contribution < -0.4 is 11.1 Å². The highest BCUT2D eigenvalue weighted by Crippen LogP contribution is 2.11. The first-order valence-electron chi connectivity index (χ1n) is 5.87. The lowest BCUT2D eigenvalue weighted by atomic mass is 10.2. The molecule has 0 fully saturated rings. The second-order valence-electron chi connectivity index (χ2n) is 3.95.